The highest BCUT2D eigenvalue weighted by atomic mass is 32.2. The molecule has 4 rings (SSSR count). The summed E-state index contributed by atoms with van der Waals surface area (Å²) in [6.07, 6.45) is 5.61. The first-order valence-electron chi connectivity index (χ1n) is 10.9. The van der Waals surface area contributed by atoms with E-state index >= 15 is 0 Å². The van der Waals surface area contributed by atoms with E-state index < -0.39 is 10.0 Å². The molecule has 1 saturated heterocycles. The number of methoxy groups -OCH3 is 1. The summed E-state index contributed by atoms with van der Waals surface area (Å²) >= 11 is 0. The van der Waals surface area contributed by atoms with Crippen molar-refractivity contribution in [1.29, 1.82) is 0 Å². The number of ether oxygens (including phenoxy) is 3. The largest absolute Gasteiger partial charge is 0.474 e. The van der Waals surface area contributed by atoms with Crippen LogP contribution in [-0.4, -0.2) is 56.4 Å². The lowest BCUT2D eigenvalue weighted by Crippen LogP contribution is -2.26. The van der Waals surface area contributed by atoms with Gasteiger partial charge in [0, 0.05) is 50.9 Å². The third kappa shape index (κ3) is 5.64. The summed E-state index contributed by atoms with van der Waals surface area (Å²) in [4.78, 5) is 13.9. The predicted octanol–water partition coefficient (Wildman–Crippen LogP) is 2.72. The van der Waals surface area contributed by atoms with E-state index in [1.807, 2.05) is 0 Å². The summed E-state index contributed by atoms with van der Waals surface area (Å²) < 4.78 is 40.6. The topological polar surface area (TPSA) is 127 Å². The van der Waals surface area contributed by atoms with Crippen molar-refractivity contribution >= 4 is 20.9 Å². The quantitative estimate of drug-likeness (QED) is 0.530. The first-order chi connectivity index (χ1) is 15.8. The van der Waals surface area contributed by atoms with Crippen LogP contribution in [-0.2, 0) is 25.9 Å². The zero-order valence-electron chi connectivity index (χ0n) is 18.7. The summed E-state index contributed by atoms with van der Waals surface area (Å²) in [6.45, 7) is 3.97. The number of nitrogens with zero attached hydrogens (tertiary/aromatic N) is 3. The van der Waals surface area contributed by atoms with Gasteiger partial charge in [0.1, 0.15) is 11.9 Å². The van der Waals surface area contributed by atoms with Gasteiger partial charge in [0.25, 0.3) is 0 Å². The lowest BCUT2D eigenvalue weighted by atomic mass is 10.0. The highest BCUT2D eigenvalue weighted by Gasteiger charge is 2.20. The second-order valence-electron chi connectivity index (χ2n) is 8.29. The number of nitrogens with two attached hydrogens (primary N) is 1. The minimum atomic E-state index is -3.85. The van der Waals surface area contributed by atoms with Gasteiger partial charge in [-0.2, -0.15) is 0 Å². The molecule has 1 fully saturated rings. The van der Waals surface area contributed by atoms with Gasteiger partial charge in [0.15, 0.2) is 0 Å². The molecule has 0 saturated carbocycles. The molecule has 0 amide bonds. The first-order valence-corrected chi connectivity index (χ1v) is 12.4. The van der Waals surface area contributed by atoms with Crippen LogP contribution in [0.2, 0.25) is 0 Å². The van der Waals surface area contributed by atoms with Crippen LogP contribution >= 0.6 is 0 Å². The molecule has 0 bridgehead atoms. The molecule has 0 radical (unpaired) electrons. The fraction of sp³-hybridized carbons (Fsp3) is 0.435. The number of hydrogen-bond donors (Lipinski definition) is 1. The molecule has 0 spiro atoms. The molecule has 1 aromatic carbocycles. The molecule has 2 aromatic heterocycles. The predicted molar refractivity (Wildman–Crippen MR) is 123 cm³/mol. The molecular weight excluding hydrogens is 444 g/mol. The summed E-state index contributed by atoms with van der Waals surface area (Å²) in [7, 11) is -2.18. The van der Waals surface area contributed by atoms with Crippen LogP contribution in [0.4, 0.5) is 0 Å². The smallest absolute Gasteiger partial charge is 0.238 e. The minimum absolute atomic E-state index is 0.00686. The highest BCUT2D eigenvalue weighted by Crippen LogP contribution is 2.33. The van der Waals surface area contributed by atoms with Crippen LogP contribution in [0.1, 0.15) is 25.6 Å². The van der Waals surface area contributed by atoms with Crippen LogP contribution < -0.4 is 9.88 Å². The zero-order valence-corrected chi connectivity index (χ0v) is 19.5. The lowest BCUT2D eigenvalue weighted by molar-refractivity contribution is 0.0244. The number of aromatic nitrogens is 3. The molecule has 1 atom stereocenters. The standard InChI is InChI=1S/C23H28N4O5S/c1-15(14-30-2)10-21-25-13-20-22(27-21)19(16-4-3-5-18(11-16)33(24,28)29)12-26-23(20)32-17-6-8-31-9-7-17/h3-5,11-13,15,17H,6-10,14H2,1-2H3,(H2,24,28,29)/t15-/m1/s1. The van der Waals surface area contributed by atoms with Gasteiger partial charge in [-0.25, -0.2) is 28.5 Å². The maximum Gasteiger partial charge on any atom is 0.238 e. The normalized spacial score (nSPS) is 16.1. The molecule has 1 aliphatic heterocycles. The third-order valence-electron chi connectivity index (χ3n) is 5.54. The van der Waals surface area contributed by atoms with E-state index in [4.69, 9.17) is 24.3 Å². The maximum absolute atomic E-state index is 11.9. The first kappa shape index (κ1) is 23.5. The van der Waals surface area contributed by atoms with E-state index in [0.29, 0.717) is 60.0 Å². The number of sulfonamides is 1. The highest BCUT2D eigenvalue weighted by molar-refractivity contribution is 7.89. The van der Waals surface area contributed by atoms with Crippen LogP contribution in [0.25, 0.3) is 22.0 Å². The van der Waals surface area contributed by atoms with E-state index in [0.717, 1.165) is 12.8 Å². The Morgan fingerprint density at radius 3 is 2.73 bits per heavy atom. The van der Waals surface area contributed by atoms with Gasteiger partial charge in [-0.05, 0) is 23.6 Å². The molecule has 1 aliphatic rings. The van der Waals surface area contributed by atoms with Gasteiger partial charge < -0.3 is 14.2 Å². The van der Waals surface area contributed by atoms with E-state index in [1.54, 1.807) is 31.6 Å². The Morgan fingerprint density at radius 2 is 2.00 bits per heavy atom. The Bertz CT molecular complexity index is 1230. The summed E-state index contributed by atoms with van der Waals surface area (Å²) in [5.41, 5.74) is 1.97. The van der Waals surface area contributed by atoms with E-state index in [-0.39, 0.29) is 16.9 Å². The maximum atomic E-state index is 11.9. The number of fused-ring (bicyclic) bond motifs is 1. The van der Waals surface area contributed by atoms with Crippen molar-refractivity contribution < 1.29 is 22.6 Å². The van der Waals surface area contributed by atoms with Gasteiger partial charge in [-0.15, -0.1) is 0 Å². The van der Waals surface area contributed by atoms with Gasteiger partial charge in [0.2, 0.25) is 15.9 Å². The number of primary sulfonamides is 1. The number of benzene rings is 1. The number of pyridine rings is 1. The van der Waals surface area contributed by atoms with Crippen molar-refractivity contribution in [3.05, 3.63) is 42.5 Å². The van der Waals surface area contributed by atoms with Gasteiger partial charge in [-0.1, -0.05) is 19.1 Å². The van der Waals surface area contributed by atoms with Crippen LogP contribution in [0.5, 0.6) is 5.88 Å². The molecule has 10 heteroatoms. The zero-order chi connectivity index (χ0) is 23.4. The van der Waals surface area contributed by atoms with Gasteiger partial charge in [-0.3, -0.25) is 0 Å². The van der Waals surface area contributed by atoms with Crippen LogP contribution in [0.15, 0.2) is 41.6 Å². The summed E-state index contributed by atoms with van der Waals surface area (Å²) in [5.74, 6) is 1.36. The second-order valence-corrected chi connectivity index (χ2v) is 9.85. The van der Waals surface area contributed by atoms with Gasteiger partial charge >= 0.3 is 0 Å². The Balaban J connectivity index is 1.80. The van der Waals surface area contributed by atoms with Crippen molar-refractivity contribution in [1.82, 2.24) is 15.0 Å². The number of rotatable bonds is 8. The van der Waals surface area contributed by atoms with Crippen molar-refractivity contribution in [2.75, 3.05) is 26.9 Å². The summed E-state index contributed by atoms with van der Waals surface area (Å²) in [5, 5.41) is 6.01. The molecule has 9 nitrogen and oxygen atoms in total. The van der Waals surface area contributed by atoms with Crippen LogP contribution in [0, 0.1) is 5.92 Å². The Hall–Kier alpha value is -2.66. The number of hydrogen-bond acceptors (Lipinski definition) is 8. The van der Waals surface area contributed by atoms with Crippen molar-refractivity contribution in [2.45, 2.75) is 37.2 Å². The Kier molecular flexibility index (Phi) is 7.18. The molecule has 33 heavy (non-hydrogen) atoms. The minimum Gasteiger partial charge on any atom is -0.474 e. The monoisotopic (exact) mass is 472 g/mol. The molecule has 0 unspecified atom stereocenters. The fourth-order valence-corrected chi connectivity index (χ4v) is 4.44. The SMILES string of the molecule is COC[C@H](C)Cc1ncc2c(OC3CCOCC3)ncc(-c3cccc(S(N)(=O)=O)c3)c2n1. The average molecular weight is 473 g/mol. The molecule has 3 aromatic rings. The molecule has 2 N–H and O–H groups in total. The van der Waals surface area contributed by atoms with Crippen molar-refractivity contribution in [3.63, 3.8) is 0 Å². The molecule has 176 valence electrons. The molecule has 3 heterocycles. The Morgan fingerprint density at radius 1 is 1.21 bits per heavy atom. The fourth-order valence-electron chi connectivity index (χ4n) is 3.88. The van der Waals surface area contributed by atoms with Gasteiger partial charge in [0.05, 0.1) is 29.0 Å². The average Bonchev–Trinajstić information content (AvgIpc) is 2.79. The molecular formula is C23H28N4O5S. The van der Waals surface area contributed by atoms with Crippen molar-refractivity contribution in [2.24, 2.45) is 11.1 Å². The van der Waals surface area contributed by atoms with E-state index in [9.17, 15) is 8.42 Å². The van der Waals surface area contributed by atoms with E-state index in [1.165, 1.54) is 12.1 Å². The third-order valence-corrected chi connectivity index (χ3v) is 6.45. The summed E-state index contributed by atoms with van der Waals surface area (Å²) in [6, 6.07) is 6.44. The van der Waals surface area contributed by atoms with Crippen molar-refractivity contribution in [3.8, 4) is 17.0 Å². The lowest BCUT2D eigenvalue weighted by Gasteiger charge is -2.23. The van der Waals surface area contributed by atoms with E-state index in [2.05, 4.69) is 16.9 Å². The Labute approximate surface area is 193 Å². The molecule has 0 aliphatic carbocycles. The van der Waals surface area contributed by atoms with Crippen LogP contribution in [0.3, 0.4) is 0 Å². The second kappa shape index (κ2) is 10.1.